The molecule has 2 heterocycles. The number of aromatic nitrogens is 2. The molecule has 0 unspecified atom stereocenters. The van der Waals surface area contributed by atoms with E-state index in [2.05, 4.69) is 6.58 Å². The Hall–Kier alpha value is -3.53. The van der Waals surface area contributed by atoms with Crippen molar-refractivity contribution >= 4 is 33.3 Å². The van der Waals surface area contributed by atoms with Crippen LogP contribution in [0.3, 0.4) is 0 Å². The third kappa shape index (κ3) is 4.01. The fourth-order valence-electron chi connectivity index (χ4n) is 3.34. The van der Waals surface area contributed by atoms with Gasteiger partial charge >= 0.3 is 11.7 Å². The van der Waals surface area contributed by atoms with E-state index in [0.717, 1.165) is 32.6 Å². The molecule has 0 fully saturated rings. The van der Waals surface area contributed by atoms with Crippen LogP contribution in [-0.4, -0.2) is 34.6 Å². The Bertz CT molecular complexity index is 1350. The van der Waals surface area contributed by atoms with E-state index in [1.165, 1.54) is 19.3 Å². The number of benzene rings is 1. The number of carbonyl (C=O) groups excluding carboxylic acids is 2. The van der Waals surface area contributed by atoms with Crippen LogP contribution in [0.25, 0.3) is 10.2 Å². The number of carbonyl (C=O) groups is 2. The molecule has 0 aliphatic carbocycles. The third-order valence-corrected chi connectivity index (χ3v) is 6.13. The Morgan fingerprint density at radius 2 is 1.97 bits per heavy atom. The molecule has 0 saturated carbocycles. The average Bonchev–Trinajstić information content (AvgIpc) is 3.11. The van der Waals surface area contributed by atoms with Crippen molar-refractivity contribution in [2.24, 2.45) is 0 Å². The van der Waals surface area contributed by atoms with Crippen LogP contribution in [0, 0.1) is 12.7 Å². The number of ether oxygens (including phenoxy) is 2. The number of ketones is 1. The van der Waals surface area contributed by atoms with Gasteiger partial charge in [0.15, 0.2) is 5.78 Å². The summed E-state index contributed by atoms with van der Waals surface area (Å²) in [5.74, 6) is -1.72. The molecule has 0 aliphatic rings. The minimum atomic E-state index is -0.747. The zero-order chi connectivity index (χ0) is 23.6. The number of hydrogen-bond acceptors (Lipinski definition) is 7. The molecule has 32 heavy (non-hydrogen) atoms. The average molecular weight is 460 g/mol. The van der Waals surface area contributed by atoms with E-state index in [1.807, 2.05) is 0 Å². The van der Waals surface area contributed by atoms with Gasteiger partial charge in [-0.05, 0) is 37.6 Å². The SMILES string of the molecule is C=CCn1c(=O)c2c(C)c(C(=O)OCC)sc2n(CC(=O)c2cc(F)ccc2OC)c1=O. The molecule has 3 aromatic rings. The van der Waals surface area contributed by atoms with Crippen molar-refractivity contribution in [2.75, 3.05) is 13.7 Å². The standard InChI is InChI=1S/C22H21FN2O6S/c1-5-9-24-19(27)17-12(3)18(21(28)31-6-2)32-20(17)25(22(24)29)11-15(26)14-10-13(23)7-8-16(14)30-4/h5,7-8,10H,1,6,9,11H2,2-4H3. The summed E-state index contributed by atoms with van der Waals surface area (Å²) in [6, 6.07) is 3.49. The summed E-state index contributed by atoms with van der Waals surface area (Å²) in [6.45, 7) is 6.35. The molecular formula is C22H21FN2O6S. The van der Waals surface area contributed by atoms with Crippen LogP contribution in [0.5, 0.6) is 5.75 Å². The number of allylic oxidation sites excluding steroid dienone is 1. The molecule has 0 atom stereocenters. The van der Waals surface area contributed by atoms with Crippen molar-refractivity contribution in [3.63, 3.8) is 0 Å². The predicted octanol–water partition coefficient (Wildman–Crippen LogP) is 2.93. The van der Waals surface area contributed by atoms with Gasteiger partial charge in [0, 0.05) is 6.54 Å². The Morgan fingerprint density at radius 3 is 2.59 bits per heavy atom. The number of thiophene rings is 1. The molecule has 3 rings (SSSR count). The summed E-state index contributed by atoms with van der Waals surface area (Å²) < 4.78 is 26.0. The zero-order valence-corrected chi connectivity index (χ0v) is 18.6. The van der Waals surface area contributed by atoms with Crippen LogP contribution in [0.15, 0.2) is 40.4 Å². The first-order valence-corrected chi connectivity index (χ1v) is 10.5. The highest BCUT2D eigenvalue weighted by Crippen LogP contribution is 2.29. The van der Waals surface area contributed by atoms with Gasteiger partial charge in [-0.3, -0.25) is 18.7 Å². The highest BCUT2D eigenvalue weighted by Gasteiger charge is 2.25. The molecule has 0 radical (unpaired) electrons. The maximum Gasteiger partial charge on any atom is 0.348 e. The van der Waals surface area contributed by atoms with E-state index in [-0.39, 0.29) is 39.6 Å². The van der Waals surface area contributed by atoms with E-state index < -0.39 is 35.4 Å². The predicted molar refractivity (Wildman–Crippen MR) is 119 cm³/mol. The summed E-state index contributed by atoms with van der Waals surface area (Å²) in [6.07, 6.45) is 1.38. The fraction of sp³-hybridized carbons (Fsp3) is 0.273. The summed E-state index contributed by atoms with van der Waals surface area (Å²) in [5.41, 5.74) is -1.03. The summed E-state index contributed by atoms with van der Waals surface area (Å²) >= 11 is 0.896. The number of rotatable bonds is 8. The molecule has 0 amide bonds. The smallest absolute Gasteiger partial charge is 0.348 e. The van der Waals surface area contributed by atoms with E-state index in [1.54, 1.807) is 13.8 Å². The molecular weight excluding hydrogens is 439 g/mol. The zero-order valence-electron chi connectivity index (χ0n) is 17.8. The molecule has 1 aromatic carbocycles. The molecule has 10 heteroatoms. The van der Waals surface area contributed by atoms with Gasteiger partial charge in [0.25, 0.3) is 5.56 Å². The Balaban J connectivity index is 2.27. The van der Waals surface area contributed by atoms with Gasteiger partial charge < -0.3 is 9.47 Å². The lowest BCUT2D eigenvalue weighted by molar-refractivity contribution is 0.0531. The number of hydrogen-bond donors (Lipinski definition) is 0. The topological polar surface area (TPSA) is 96.6 Å². The number of aryl methyl sites for hydroxylation is 1. The van der Waals surface area contributed by atoms with Gasteiger partial charge in [0.1, 0.15) is 21.3 Å². The highest BCUT2D eigenvalue weighted by molar-refractivity contribution is 7.20. The number of fused-ring (bicyclic) bond motifs is 1. The number of methoxy groups -OCH3 is 1. The van der Waals surface area contributed by atoms with Gasteiger partial charge in [0.2, 0.25) is 0 Å². The van der Waals surface area contributed by atoms with E-state index in [9.17, 15) is 23.6 Å². The van der Waals surface area contributed by atoms with Crippen molar-refractivity contribution in [1.29, 1.82) is 0 Å². The van der Waals surface area contributed by atoms with Gasteiger partial charge in [-0.2, -0.15) is 0 Å². The highest BCUT2D eigenvalue weighted by atomic mass is 32.1. The van der Waals surface area contributed by atoms with Crippen molar-refractivity contribution in [1.82, 2.24) is 9.13 Å². The second-order valence-electron chi connectivity index (χ2n) is 6.80. The minimum absolute atomic E-state index is 0.0482. The monoisotopic (exact) mass is 460 g/mol. The van der Waals surface area contributed by atoms with Crippen LogP contribution in [-0.2, 0) is 17.8 Å². The summed E-state index contributed by atoms with van der Waals surface area (Å²) in [7, 11) is 1.34. The van der Waals surface area contributed by atoms with E-state index in [0.29, 0.717) is 5.56 Å². The summed E-state index contributed by atoms with van der Waals surface area (Å²) in [5, 5.41) is 0.138. The summed E-state index contributed by atoms with van der Waals surface area (Å²) in [4.78, 5) is 51.8. The van der Waals surface area contributed by atoms with Gasteiger partial charge in [-0.1, -0.05) is 6.08 Å². The molecule has 8 nitrogen and oxygen atoms in total. The second kappa shape index (κ2) is 9.31. The van der Waals surface area contributed by atoms with Gasteiger partial charge in [-0.25, -0.2) is 14.0 Å². The van der Waals surface area contributed by atoms with Crippen molar-refractivity contribution < 1.29 is 23.5 Å². The Morgan fingerprint density at radius 1 is 1.25 bits per heavy atom. The van der Waals surface area contributed by atoms with Crippen LogP contribution >= 0.6 is 11.3 Å². The van der Waals surface area contributed by atoms with Crippen LogP contribution in [0.2, 0.25) is 0 Å². The van der Waals surface area contributed by atoms with Gasteiger partial charge in [-0.15, -0.1) is 17.9 Å². The number of Topliss-reactive ketones (excluding diaryl/α,β-unsaturated/α-hetero) is 1. The quantitative estimate of drug-likeness (QED) is 0.291. The van der Waals surface area contributed by atoms with Crippen LogP contribution < -0.4 is 16.0 Å². The van der Waals surface area contributed by atoms with Crippen molar-refractivity contribution in [3.8, 4) is 5.75 Å². The Labute approximate surface area is 186 Å². The third-order valence-electron chi connectivity index (χ3n) is 4.83. The van der Waals surface area contributed by atoms with Crippen molar-refractivity contribution in [3.05, 3.63) is 73.5 Å². The fourth-order valence-corrected chi connectivity index (χ4v) is 4.53. The first-order chi connectivity index (χ1) is 15.2. The molecule has 0 aliphatic heterocycles. The molecule has 2 aromatic heterocycles. The lowest BCUT2D eigenvalue weighted by Gasteiger charge is -2.12. The molecule has 168 valence electrons. The number of halogens is 1. The molecule has 0 spiro atoms. The minimum Gasteiger partial charge on any atom is -0.496 e. The van der Waals surface area contributed by atoms with Crippen LogP contribution in [0.1, 0.15) is 32.5 Å². The van der Waals surface area contributed by atoms with E-state index in [4.69, 9.17) is 9.47 Å². The molecule has 0 bridgehead atoms. The molecule has 0 N–H and O–H groups in total. The van der Waals surface area contributed by atoms with E-state index >= 15 is 0 Å². The van der Waals surface area contributed by atoms with Gasteiger partial charge in [0.05, 0.1) is 31.2 Å². The lowest BCUT2D eigenvalue weighted by atomic mass is 10.1. The first kappa shape index (κ1) is 23.1. The Kier molecular flexibility index (Phi) is 6.73. The van der Waals surface area contributed by atoms with Crippen LogP contribution in [0.4, 0.5) is 4.39 Å². The maximum atomic E-state index is 13.8. The normalized spacial score (nSPS) is 10.9. The lowest BCUT2D eigenvalue weighted by Crippen LogP contribution is -2.40. The largest absolute Gasteiger partial charge is 0.496 e. The number of esters is 1. The first-order valence-electron chi connectivity index (χ1n) is 9.66. The second-order valence-corrected chi connectivity index (χ2v) is 7.80. The van der Waals surface area contributed by atoms with Crippen molar-refractivity contribution in [2.45, 2.75) is 26.9 Å². The maximum absolute atomic E-state index is 13.8. The molecule has 0 saturated heterocycles. The number of nitrogens with zero attached hydrogens (tertiary/aromatic N) is 2.